The van der Waals surface area contributed by atoms with Gasteiger partial charge in [0, 0.05) is 12.8 Å². The molecule has 5 nitrogen and oxygen atoms in total. The Hall–Kier alpha value is -1.39. The lowest BCUT2D eigenvalue weighted by Crippen LogP contribution is -2.40. The second-order valence-corrected chi connectivity index (χ2v) is 3.74. The molecule has 1 fully saturated rings. The predicted molar refractivity (Wildman–Crippen MR) is 54.6 cm³/mol. The second-order valence-electron chi connectivity index (χ2n) is 3.74. The second kappa shape index (κ2) is 5.09. The van der Waals surface area contributed by atoms with Gasteiger partial charge in [0.15, 0.2) is 5.41 Å². The van der Waals surface area contributed by atoms with Crippen molar-refractivity contribution < 1.29 is 23.9 Å². The Balaban J connectivity index is 2.89. The summed E-state index contributed by atoms with van der Waals surface area (Å²) >= 11 is 0. The summed E-state index contributed by atoms with van der Waals surface area (Å²) in [5.74, 6) is -1.38. The van der Waals surface area contributed by atoms with Crippen molar-refractivity contribution in [2.45, 2.75) is 33.1 Å². The molecule has 0 aliphatic heterocycles. The molecule has 0 atom stereocenters. The third-order valence-corrected chi connectivity index (χ3v) is 2.66. The molecular weight excluding hydrogens is 212 g/mol. The summed E-state index contributed by atoms with van der Waals surface area (Å²) in [7, 11) is 0. The van der Waals surface area contributed by atoms with E-state index in [1.807, 2.05) is 0 Å². The third-order valence-electron chi connectivity index (χ3n) is 2.66. The lowest BCUT2D eigenvalue weighted by molar-refractivity contribution is -0.172. The Morgan fingerprint density at radius 3 is 2.00 bits per heavy atom. The molecule has 0 aromatic heterocycles. The first-order valence-electron chi connectivity index (χ1n) is 5.43. The summed E-state index contributed by atoms with van der Waals surface area (Å²) in [5, 5.41) is 0. The van der Waals surface area contributed by atoms with Crippen LogP contribution in [-0.2, 0) is 23.9 Å². The molecule has 1 saturated carbocycles. The Morgan fingerprint density at radius 1 is 1.19 bits per heavy atom. The van der Waals surface area contributed by atoms with E-state index in [2.05, 4.69) is 0 Å². The molecule has 1 rings (SSSR count). The molecule has 0 saturated heterocycles. The van der Waals surface area contributed by atoms with E-state index in [0.29, 0.717) is 0 Å². The van der Waals surface area contributed by atoms with Gasteiger partial charge in [-0.2, -0.15) is 0 Å². The molecule has 0 heterocycles. The molecule has 0 aromatic carbocycles. The molecule has 5 heteroatoms. The minimum absolute atomic E-state index is 0.0926. The van der Waals surface area contributed by atoms with Crippen LogP contribution in [0.1, 0.15) is 33.1 Å². The van der Waals surface area contributed by atoms with Gasteiger partial charge in [0.25, 0.3) is 0 Å². The van der Waals surface area contributed by atoms with Gasteiger partial charge in [-0.25, -0.2) is 0 Å². The van der Waals surface area contributed by atoms with Gasteiger partial charge in [-0.3, -0.25) is 14.4 Å². The largest absolute Gasteiger partial charge is 0.465 e. The standard InChI is InChI=1S/C11H16O5/c1-3-15-9(13)11(10(14)16-4-2)6-5-8(12)7-11/h3-7H2,1-2H3. The van der Waals surface area contributed by atoms with Gasteiger partial charge in [-0.1, -0.05) is 0 Å². The number of ketones is 1. The first-order valence-corrected chi connectivity index (χ1v) is 5.43. The number of ether oxygens (including phenoxy) is 2. The Labute approximate surface area is 94.1 Å². The molecule has 1 aliphatic carbocycles. The fourth-order valence-corrected chi connectivity index (χ4v) is 1.84. The number of Topliss-reactive ketones (excluding diaryl/α,β-unsaturated/α-hetero) is 1. The van der Waals surface area contributed by atoms with Gasteiger partial charge in [0.05, 0.1) is 13.2 Å². The minimum atomic E-state index is -1.39. The number of hydrogen-bond donors (Lipinski definition) is 0. The maximum atomic E-state index is 11.8. The maximum absolute atomic E-state index is 11.8. The number of esters is 2. The highest BCUT2D eigenvalue weighted by molar-refractivity contribution is 6.06. The molecule has 0 N–H and O–H groups in total. The summed E-state index contributed by atoms with van der Waals surface area (Å²) in [4.78, 5) is 34.8. The van der Waals surface area contributed by atoms with Crippen LogP contribution in [0.25, 0.3) is 0 Å². The highest BCUT2D eigenvalue weighted by Crippen LogP contribution is 2.38. The van der Waals surface area contributed by atoms with Crippen LogP contribution < -0.4 is 0 Å². The van der Waals surface area contributed by atoms with Gasteiger partial charge in [0.1, 0.15) is 5.78 Å². The van der Waals surface area contributed by atoms with E-state index < -0.39 is 17.4 Å². The van der Waals surface area contributed by atoms with Crippen LogP contribution >= 0.6 is 0 Å². The van der Waals surface area contributed by atoms with E-state index in [0.717, 1.165) is 0 Å². The molecule has 0 spiro atoms. The Bertz CT molecular complexity index is 289. The van der Waals surface area contributed by atoms with E-state index in [1.54, 1.807) is 13.8 Å². The molecule has 0 amide bonds. The highest BCUT2D eigenvalue weighted by atomic mass is 16.6. The first kappa shape index (κ1) is 12.7. The van der Waals surface area contributed by atoms with Crippen LogP contribution in [0.15, 0.2) is 0 Å². The van der Waals surface area contributed by atoms with Gasteiger partial charge in [-0.05, 0) is 20.3 Å². The van der Waals surface area contributed by atoms with Crippen LogP contribution in [0.4, 0.5) is 0 Å². The average Bonchev–Trinajstić information content (AvgIpc) is 2.63. The van der Waals surface area contributed by atoms with Crippen molar-refractivity contribution in [2.75, 3.05) is 13.2 Å². The topological polar surface area (TPSA) is 69.7 Å². The average molecular weight is 228 g/mol. The van der Waals surface area contributed by atoms with Crippen LogP contribution in [0.5, 0.6) is 0 Å². The van der Waals surface area contributed by atoms with Crippen molar-refractivity contribution in [1.29, 1.82) is 0 Å². The summed E-state index contributed by atoms with van der Waals surface area (Å²) in [5.41, 5.74) is -1.39. The Kier molecular flexibility index (Phi) is 4.04. The fraction of sp³-hybridized carbons (Fsp3) is 0.727. The maximum Gasteiger partial charge on any atom is 0.323 e. The molecule has 1 aliphatic rings. The number of rotatable bonds is 4. The third kappa shape index (κ3) is 2.23. The zero-order valence-corrected chi connectivity index (χ0v) is 9.58. The molecule has 16 heavy (non-hydrogen) atoms. The van der Waals surface area contributed by atoms with E-state index in [4.69, 9.17) is 9.47 Å². The van der Waals surface area contributed by atoms with E-state index in [9.17, 15) is 14.4 Å². The lowest BCUT2D eigenvalue weighted by atomic mass is 9.86. The molecule has 0 bridgehead atoms. The normalized spacial score (nSPS) is 18.2. The lowest BCUT2D eigenvalue weighted by Gasteiger charge is -2.22. The smallest absolute Gasteiger partial charge is 0.323 e. The highest BCUT2D eigenvalue weighted by Gasteiger charge is 2.53. The van der Waals surface area contributed by atoms with Gasteiger partial charge in [-0.15, -0.1) is 0 Å². The van der Waals surface area contributed by atoms with Crippen molar-refractivity contribution in [2.24, 2.45) is 5.41 Å². The van der Waals surface area contributed by atoms with E-state index >= 15 is 0 Å². The zero-order valence-electron chi connectivity index (χ0n) is 9.58. The van der Waals surface area contributed by atoms with Crippen LogP contribution in [-0.4, -0.2) is 30.9 Å². The van der Waals surface area contributed by atoms with Crippen LogP contribution in [0, 0.1) is 5.41 Å². The minimum Gasteiger partial charge on any atom is -0.465 e. The molecule has 0 radical (unpaired) electrons. The van der Waals surface area contributed by atoms with Gasteiger partial charge < -0.3 is 9.47 Å². The summed E-state index contributed by atoms with van der Waals surface area (Å²) in [6.45, 7) is 3.70. The molecule has 0 unspecified atom stereocenters. The van der Waals surface area contributed by atoms with Crippen molar-refractivity contribution in [1.82, 2.24) is 0 Å². The fourth-order valence-electron chi connectivity index (χ4n) is 1.84. The molecular formula is C11H16O5. The van der Waals surface area contributed by atoms with Crippen LogP contribution in [0.2, 0.25) is 0 Å². The first-order chi connectivity index (χ1) is 7.56. The van der Waals surface area contributed by atoms with Crippen molar-refractivity contribution in [3.05, 3.63) is 0 Å². The quantitative estimate of drug-likeness (QED) is 0.527. The van der Waals surface area contributed by atoms with E-state index in [1.165, 1.54) is 0 Å². The van der Waals surface area contributed by atoms with Crippen molar-refractivity contribution in [3.63, 3.8) is 0 Å². The SMILES string of the molecule is CCOC(=O)C1(C(=O)OCC)CCC(=O)C1. The summed E-state index contributed by atoms with van der Waals surface area (Å²) in [6.07, 6.45) is 0.339. The summed E-state index contributed by atoms with van der Waals surface area (Å²) in [6, 6.07) is 0. The number of hydrogen-bond acceptors (Lipinski definition) is 5. The monoisotopic (exact) mass is 228 g/mol. The van der Waals surface area contributed by atoms with E-state index in [-0.39, 0.29) is 38.3 Å². The predicted octanol–water partition coefficient (Wildman–Crippen LogP) is 0.852. The Morgan fingerprint density at radius 2 is 1.69 bits per heavy atom. The summed E-state index contributed by atoms with van der Waals surface area (Å²) < 4.78 is 9.71. The number of carbonyl (C=O) groups is 3. The van der Waals surface area contributed by atoms with Gasteiger partial charge >= 0.3 is 11.9 Å². The molecule has 90 valence electrons. The van der Waals surface area contributed by atoms with Gasteiger partial charge in [0.2, 0.25) is 0 Å². The van der Waals surface area contributed by atoms with Crippen molar-refractivity contribution >= 4 is 17.7 Å². The molecule has 0 aromatic rings. The van der Waals surface area contributed by atoms with Crippen LogP contribution in [0.3, 0.4) is 0 Å². The zero-order chi connectivity index (χ0) is 12.2. The van der Waals surface area contributed by atoms with Crippen molar-refractivity contribution in [3.8, 4) is 0 Å². The number of carbonyl (C=O) groups excluding carboxylic acids is 3.